The molecule has 0 bridgehead atoms. The molecular weight excluding hydrogens is 244 g/mol. The van der Waals surface area contributed by atoms with Crippen molar-refractivity contribution in [2.75, 3.05) is 0 Å². The second-order valence-electron chi connectivity index (χ2n) is 5.40. The summed E-state index contributed by atoms with van der Waals surface area (Å²) in [4.78, 5) is 0. The summed E-state index contributed by atoms with van der Waals surface area (Å²) in [6.07, 6.45) is 7.90. The number of nitrogens with one attached hydrogen (secondary N) is 1. The molecule has 1 aromatic rings. The molecule has 1 aliphatic rings. The highest BCUT2D eigenvalue weighted by Gasteiger charge is 2.24. The first kappa shape index (κ1) is 13.9. The van der Waals surface area contributed by atoms with Gasteiger partial charge in [-0.05, 0) is 48.9 Å². The van der Waals surface area contributed by atoms with Crippen molar-refractivity contribution >= 4 is 11.6 Å². The van der Waals surface area contributed by atoms with E-state index < -0.39 is 0 Å². The average molecular weight is 267 g/mol. The summed E-state index contributed by atoms with van der Waals surface area (Å²) in [7, 11) is 0. The van der Waals surface area contributed by atoms with Crippen LogP contribution in [0.25, 0.3) is 0 Å². The molecule has 3 N–H and O–H groups in total. The van der Waals surface area contributed by atoms with Crippen molar-refractivity contribution in [1.29, 1.82) is 0 Å². The summed E-state index contributed by atoms with van der Waals surface area (Å²) in [5.74, 6) is 6.45. The Hall–Kier alpha value is -0.570. The van der Waals surface area contributed by atoms with Crippen molar-refractivity contribution in [3.05, 3.63) is 34.3 Å². The highest BCUT2D eigenvalue weighted by atomic mass is 35.5. The molecule has 1 aliphatic carbocycles. The van der Waals surface area contributed by atoms with Crippen molar-refractivity contribution in [2.45, 2.75) is 51.5 Å². The lowest BCUT2D eigenvalue weighted by Crippen LogP contribution is -2.34. The van der Waals surface area contributed by atoms with Gasteiger partial charge in [-0.2, -0.15) is 0 Å². The van der Waals surface area contributed by atoms with Gasteiger partial charge in [0, 0.05) is 11.1 Å². The lowest BCUT2D eigenvalue weighted by atomic mass is 9.86. The molecule has 0 saturated heterocycles. The van der Waals surface area contributed by atoms with Gasteiger partial charge in [-0.25, -0.2) is 0 Å². The summed E-state index contributed by atoms with van der Waals surface area (Å²) < 4.78 is 0. The van der Waals surface area contributed by atoms with Gasteiger partial charge in [0.05, 0.1) is 0 Å². The van der Waals surface area contributed by atoms with Crippen LogP contribution in [0.15, 0.2) is 18.2 Å². The molecule has 2 nitrogen and oxygen atoms in total. The molecule has 0 amide bonds. The standard InChI is InChI=1S/C15H23ClN2/c1-11-8-9-13(16)10-14(11)15(18-17)12-6-4-2-3-5-7-12/h8-10,12,15,18H,2-7,17H2,1H3. The summed E-state index contributed by atoms with van der Waals surface area (Å²) >= 11 is 6.12. The largest absolute Gasteiger partial charge is 0.271 e. The summed E-state index contributed by atoms with van der Waals surface area (Å²) in [5, 5.41) is 0.796. The zero-order chi connectivity index (χ0) is 13.0. The highest BCUT2D eigenvalue weighted by molar-refractivity contribution is 6.30. The fourth-order valence-electron chi connectivity index (χ4n) is 3.07. The Kier molecular flexibility index (Phi) is 5.04. The van der Waals surface area contributed by atoms with Gasteiger partial charge in [0.25, 0.3) is 0 Å². The van der Waals surface area contributed by atoms with Crippen LogP contribution in [-0.2, 0) is 0 Å². The molecule has 18 heavy (non-hydrogen) atoms. The molecule has 1 saturated carbocycles. The van der Waals surface area contributed by atoms with Gasteiger partial charge < -0.3 is 0 Å². The van der Waals surface area contributed by atoms with Crippen molar-refractivity contribution in [3.63, 3.8) is 0 Å². The zero-order valence-corrected chi connectivity index (χ0v) is 11.8. The van der Waals surface area contributed by atoms with Gasteiger partial charge in [-0.15, -0.1) is 0 Å². The van der Waals surface area contributed by atoms with Gasteiger partial charge >= 0.3 is 0 Å². The second kappa shape index (κ2) is 6.55. The Labute approximate surface area is 115 Å². The lowest BCUT2D eigenvalue weighted by Gasteiger charge is -2.27. The molecule has 0 aliphatic heterocycles. The molecule has 0 radical (unpaired) electrons. The van der Waals surface area contributed by atoms with E-state index in [9.17, 15) is 0 Å². The molecule has 1 atom stereocenters. The third kappa shape index (κ3) is 3.25. The fourth-order valence-corrected chi connectivity index (χ4v) is 3.25. The predicted octanol–water partition coefficient (Wildman–Crippen LogP) is 4.12. The topological polar surface area (TPSA) is 38.0 Å². The Bertz CT molecular complexity index is 384. The molecular formula is C15H23ClN2. The van der Waals surface area contributed by atoms with Crippen molar-refractivity contribution in [1.82, 2.24) is 5.43 Å². The summed E-state index contributed by atoms with van der Waals surface area (Å²) in [6, 6.07) is 6.33. The van der Waals surface area contributed by atoms with Crippen LogP contribution < -0.4 is 11.3 Å². The Morgan fingerprint density at radius 2 is 1.89 bits per heavy atom. The number of nitrogens with two attached hydrogens (primary N) is 1. The van der Waals surface area contributed by atoms with Crippen LogP contribution in [0.5, 0.6) is 0 Å². The number of halogens is 1. The molecule has 1 fully saturated rings. The van der Waals surface area contributed by atoms with Crippen LogP contribution in [0.2, 0.25) is 5.02 Å². The first-order chi connectivity index (χ1) is 8.72. The number of hydrogen-bond acceptors (Lipinski definition) is 2. The van der Waals surface area contributed by atoms with Gasteiger partial charge in [0.1, 0.15) is 0 Å². The number of benzene rings is 1. The van der Waals surface area contributed by atoms with E-state index in [0.29, 0.717) is 5.92 Å². The SMILES string of the molecule is Cc1ccc(Cl)cc1C(NN)C1CCCCCC1. The van der Waals surface area contributed by atoms with E-state index in [0.717, 1.165) is 5.02 Å². The Balaban J connectivity index is 2.23. The zero-order valence-electron chi connectivity index (χ0n) is 11.1. The smallest absolute Gasteiger partial charge is 0.0491 e. The Morgan fingerprint density at radius 3 is 2.50 bits per heavy atom. The summed E-state index contributed by atoms with van der Waals surface area (Å²) in [5.41, 5.74) is 5.56. The molecule has 1 unspecified atom stereocenters. The van der Waals surface area contributed by atoms with Crippen LogP contribution in [0.3, 0.4) is 0 Å². The van der Waals surface area contributed by atoms with E-state index in [1.54, 1.807) is 0 Å². The first-order valence-corrected chi connectivity index (χ1v) is 7.32. The third-order valence-electron chi connectivity index (χ3n) is 4.13. The quantitative estimate of drug-likeness (QED) is 0.491. The molecule has 0 heterocycles. The maximum atomic E-state index is 6.12. The molecule has 100 valence electrons. The van der Waals surface area contributed by atoms with Crippen LogP contribution >= 0.6 is 11.6 Å². The maximum Gasteiger partial charge on any atom is 0.0491 e. The minimum atomic E-state index is 0.238. The summed E-state index contributed by atoms with van der Waals surface area (Å²) in [6.45, 7) is 2.13. The van der Waals surface area contributed by atoms with Gasteiger partial charge in [0.15, 0.2) is 0 Å². The van der Waals surface area contributed by atoms with Gasteiger partial charge in [-0.1, -0.05) is 43.4 Å². The number of aryl methyl sites for hydroxylation is 1. The number of hydrogen-bond donors (Lipinski definition) is 2. The van der Waals surface area contributed by atoms with E-state index in [2.05, 4.69) is 24.5 Å². The van der Waals surface area contributed by atoms with Gasteiger partial charge in [-0.3, -0.25) is 11.3 Å². The van der Waals surface area contributed by atoms with E-state index in [1.807, 2.05) is 6.07 Å². The molecule has 3 heteroatoms. The fraction of sp³-hybridized carbons (Fsp3) is 0.600. The number of hydrazine groups is 1. The Morgan fingerprint density at radius 1 is 1.22 bits per heavy atom. The number of rotatable bonds is 3. The van der Waals surface area contributed by atoms with E-state index in [-0.39, 0.29) is 6.04 Å². The van der Waals surface area contributed by atoms with Crippen LogP contribution in [0, 0.1) is 12.8 Å². The van der Waals surface area contributed by atoms with Gasteiger partial charge in [0.2, 0.25) is 0 Å². The first-order valence-electron chi connectivity index (χ1n) is 6.94. The van der Waals surface area contributed by atoms with Crippen LogP contribution in [-0.4, -0.2) is 0 Å². The van der Waals surface area contributed by atoms with E-state index >= 15 is 0 Å². The minimum absolute atomic E-state index is 0.238. The van der Waals surface area contributed by atoms with Crippen molar-refractivity contribution in [3.8, 4) is 0 Å². The van der Waals surface area contributed by atoms with Crippen molar-refractivity contribution < 1.29 is 0 Å². The van der Waals surface area contributed by atoms with Crippen LogP contribution in [0.1, 0.15) is 55.7 Å². The van der Waals surface area contributed by atoms with Crippen molar-refractivity contribution in [2.24, 2.45) is 11.8 Å². The van der Waals surface area contributed by atoms with E-state index in [1.165, 1.54) is 49.7 Å². The molecule has 2 rings (SSSR count). The molecule has 1 aromatic carbocycles. The van der Waals surface area contributed by atoms with Crippen LogP contribution in [0.4, 0.5) is 0 Å². The molecule has 0 spiro atoms. The highest BCUT2D eigenvalue weighted by Crippen LogP contribution is 2.35. The second-order valence-corrected chi connectivity index (χ2v) is 5.83. The third-order valence-corrected chi connectivity index (χ3v) is 4.36. The maximum absolute atomic E-state index is 6.12. The minimum Gasteiger partial charge on any atom is -0.271 e. The van der Waals surface area contributed by atoms with E-state index in [4.69, 9.17) is 17.4 Å². The normalized spacial score (nSPS) is 19.5. The predicted molar refractivity (Wildman–Crippen MR) is 77.4 cm³/mol. The molecule has 0 aromatic heterocycles. The monoisotopic (exact) mass is 266 g/mol. The average Bonchev–Trinajstić information content (AvgIpc) is 2.64. The lowest BCUT2D eigenvalue weighted by molar-refractivity contribution is 0.328.